The van der Waals surface area contributed by atoms with Gasteiger partial charge in [0.15, 0.2) is 0 Å². The molecule has 2 N–H and O–H groups in total. The van der Waals surface area contributed by atoms with Gasteiger partial charge in [0, 0.05) is 22.9 Å². The van der Waals surface area contributed by atoms with Crippen molar-refractivity contribution in [3.05, 3.63) is 29.8 Å². The number of hydrogen-bond donors (Lipinski definition) is 2. The Balaban J connectivity index is 2.12. The van der Waals surface area contributed by atoms with E-state index in [1.165, 1.54) is 0 Å². The lowest BCUT2D eigenvalue weighted by Crippen LogP contribution is -2.48. The van der Waals surface area contributed by atoms with Crippen LogP contribution in [0.25, 0.3) is 6.08 Å². The van der Waals surface area contributed by atoms with Crippen LogP contribution in [0, 0.1) is 0 Å². The normalized spacial score (nSPS) is 19.5. The molecule has 2 rings (SSSR count). The molecule has 1 aromatic carbocycles. The summed E-state index contributed by atoms with van der Waals surface area (Å²) >= 11 is 1.66. The average Bonchev–Trinajstić information content (AvgIpc) is 2.46. The van der Waals surface area contributed by atoms with Crippen molar-refractivity contribution in [2.24, 2.45) is 0 Å². The highest BCUT2D eigenvalue weighted by molar-refractivity contribution is 7.98. The first-order chi connectivity index (χ1) is 9.24. The minimum Gasteiger partial charge on any atom is -0.495 e. The second kappa shape index (κ2) is 6.63. The number of ether oxygens (including phenoxy) is 1. The minimum absolute atomic E-state index is 0.0478. The van der Waals surface area contributed by atoms with E-state index < -0.39 is 0 Å². The van der Waals surface area contributed by atoms with Gasteiger partial charge in [-0.15, -0.1) is 11.8 Å². The number of carbonyl (C=O) groups excluding carboxylic acids is 1. The zero-order valence-corrected chi connectivity index (χ0v) is 11.9. The van der Waals surface area contributed by atoms with E-state index in [1.807, 2.05) is 30.5 Å². The van der Waals surface area contributed by atoms with Crippen LogP contribution in [0.2, 0.25) is 0 Å². The minimum atomic E-state index is 0.0478. The summed E-state index contributed by atoms with van der Waals surface area (Å²) < 4.78 is 5.46. The number of benzene rings is 1. The van der Waals surface area contributed by atoms with Crippen molar-refractivity contribution in [2.45, 2.75) is 23.8 Å². The van der Waals surface area contributed by atoms with Gasteiger partial charge in [-0.05, 0) is 18.7 Å². The number of methoxy groups -OCH3 is 1. The summed E-state index contributed by atoms with van der Waals surface area (Å²) in [5.74, 6) is 0.942. The SMILES string of the molecule is COc1c(/C=C/C2CCC(=O)NN2)cccc1SC. The van der Waals surface area contributed by atoms with E-state index in [9.17, 15) is 4.79 Å². The highest BCUT2D eigenvalue weighted by atomic mass is 32.2. The molecule has 1 heterocycles. The van der Waals surface area contributed by atoms with Gasteiger partial charge in [-0.1, -0.05) is 24.3 Å². The maximum atomic E-state index is 11.0. The van der Waals surface area contributed by atoms with Crippen LogP contribution in [0.3, 0.4) is 0 Å². The molecule has 1 aliphatic heterocycles. The molecule has 0 radical (unpaired) electrons. The molecular weight excluding hydrogens is 260 g/mol. The Bertz CT molecular complexity index is 478. The van der Waals surface area contributed by atoms with Gasteiger partial charge in [-0.2, -0.15) is 0 Å². The molecule has 1 atom stereocenters. The highest BCUT2D eigenvalue weighted by Gasteiger charge is 2.14. The summed E-state index contributed by atoms with van der Waals surface area (Å²) in [6, 6.07) is 6.25. The van der Waals surface area contributed by atoms with Gasteiger partial charge >= 0.3 is 0 Å². The number of carbonyl (C=O) groups is 1. The van der Waals surface area contributed by atoms with Crippen molar-refractivity contribution in [3.63, 3.8) is 0 Å². The molecule has 1 saturated heterocycles. The zero-order chi connectivity index (χ0) is 13.7. The Morgan fingerprint density at radius 1 is 1.47 bits per heavy atom. The number of hydrogen-bond acceptors (Lipinski definition) is 4. The van der Waals surface area contributed by atoms with E-state index in [-0.39, 0.29) is 11.9 Å². The average molecular weight is 278 g/mol. The molecule has 0 spiro atoms. The molecule has 1 unspecified atom stereocenters. The molecule has 5 heteroatoms. The first-order valence-electron chi connectivity index (χ1n) is 6.18. The number of para-hydroxylation sites is 1. The van der Waals surface area contributed by atoms with Crippen molar-refractivity contribution in [3.8, 4) is 5.75 Å². The van der Waals surface area contributed by atoms with Crippen LogP contribution >= 0.6 is 11.8 Å². The van der Waals surface area contributed by atoms with Gasteiger partial charge in [0.1, 0.15) is 5.75 Å². The lowest BCUT2D eigenvalue weighted by atomic mass is 10.1. The maximum absolute atomic E-state index is 11.0. The third-order valence-electron chi connectivity index (χ3n) is 3.02. The second-order valence-corrected chi connectivity index (χ2v) is 5.13. The molecule has 102 valence electrons. The van der Waals surface area contributed by atoms with Gasteiger partial charge in [0.25, 0.3) is 0 Å². The first kappa shape index (κ1) is 14.0. The summed E-state index contributed by atoms with van der Waals surface area (Å²) in [6.07, 6.45) is 7.50. The molecule has 0 saturated carbocycles. The van der Waals surface area contributed by atoms with E-state index in [0.29, 0.717) is 6.42 Å². The van der Waals surface area contributed by atoms with Gasteiger partial charge in [0.05, 0.1) is 7.11 Å². The number of hydrazine groups is 1. The van der Waals surface area contributed by atoms with Crippen molar-refractivity contribution in [2.75, 3.05) is 13.4 Å². The monoisotopic (exact) mass is 278 g/mol. The van der Waals surface area contributed by atoms with Gasteiger partial charge < -0.3 is 4.74 Å². The molecule has 1 aliphatic rings. The Morgan fingerprint density at radius 3 is 2.95 bits per heavy atom. The fourth-order valence-electron chi connectivity index (χ4n) is 2.00. The second-order valence-electron chi connectivity index (χ2n) is 4.28. The van der Waals surface area contributed by atoms with E-state index >= 15 is 0 Å². The summed E-state index contributed by atoms with van der Waals surface area (Å²) in [7, 11) is 1.69. The maximum Gasteiger partial charge on any atom is 0.234 e. The van der Waals surface area contributed by atoms with Gasteiger partial charge in [-0.3, -0.25) is 10.2 Å². The lowest BCUT2D eigenvalue weighted by Gasteiger charge is -2.21. The molecule has 0 bridgehead atoms. The Hall–Kier alpha value is -1.46. The first-order valence-corrected chi connectivity index (χ1v) is 7.40. The number of rotatable bonds is 4. The fourth-order valence-corrected chi connectivity index (χ4v) is 2.60. The molecule has 0 aromatic heterocycles. The van der Waals surface area contributed by atoms with Crippen molar-refractivity contribution >= 4 is 23.7 Å². The van der Waals surface area contributed by atoms with Gasteiger partial charge in [0.2, 0.25) is 5.91 Å². The van der Waals surface area contributed by atoms with Crippen LogP contribution in [-0.2, 0) is 4.79 Å². The molecule has 19 heavy (non-hydrogen) atoms. The van der Waals surface area contributed by atoms with E-state index in [1.54, 1.807) is 18.9 Å². The largest absolute Gasteiger partial charge is 0.495 e. The smallest absolute Gasteiger partial charge is 0.234 e. The third kappa shape index (κ3) is 3.52. The fraction of sp³-hybridized carbons (Fsp3) is 0.357. The number of thioether (sulfide) groups is 1. The molecule has 1 amide bonds. The summed E-state index contributed by atoms with van der Waals surface area (Å²) in [5, 5.41) is 0. The molecule has 1 fully saturated rings. The van der Waals surface area contributed by atoms with E-state index in [4.69, 9.17) is 4.74 Å². The molecule has 0 aliphatic carbocycles. The van der Waals surface area contributed by atoms with Crippen LogP contribution in [0.4, 0.5) is 0 Å². The van der Waals surface area contributed by atoms with Crippen molar-refractivity contribution in [1.82, 2.24) is 10.9 Å². The van der Waals surface area contributed by atoms with E-state index in [2.05, 4.69) is 16.9 Å². The topological polar surface area (TPSA) is 50.4 Å². The summed E-state index contributed by atoms with van der Waals surface area (Å²) in [6.45, 7) is 0. The number of nitrogens with one attached hydrogen (secondary N) is 2. The molecule has 4 nitrogen and oxygen atoms in total. The number of amides is 1. The van der Waals surface area contributed by atoms with Crippen LogP contribution < -0.4 is 15.6 Å². The predicted molar refractivity (Wildman–Crippen MR) is 78.1 cm³/mol. The Kier molecular flexibility index (Phi) is 4.87. The Labute approximate surface area is 117 Å². The lowest BCUT2D eigenvalue weighted by molar-refractivity contribution is -0.123. The molecular formula is C14H18N2O2S. The van der Waals surface area contributed by atoms with Crippen molar-refractivity contribution < 1.29 is 9.53 Å². The zero-order valence-electron chi connectivity index (χ0n) is 11.1. The van der Waals surface area contributed by atoms with Crippen molar-refractivity contribution in [1.29, 1.82) is 0 Å². The van der Waals surface area contributed by atoms with Crippen LogP contribution in [0.5, 0.6) is 5.75 Å². The standard InChI is InChI=1S/C14H18N2O2S/c1-18-14-10(4-3-5-12(14)19-2)6-7-11-8-9-13(17)16-15-11/h3-7,11,15H,8-9H2,1-2H3,(H,16,17)/b7-6+. The van der Waals surface area contributed by atoms with Crippen LogP contribution in [0.1, 0.15) is 18.4 Å². The van der Waals surface area contributed by atoms with Gasteiger partial charge in [-0.25, -0.2) is 5.43 Å². The predicted octanol–water partition coefficient (Wildman–Crippen LogP) is 2.21. The van der Waals surface area contributed by atoms with Crippen LogP contribution in [0.15, 0.2) is 29.2 Å². The summed E-state index contributed by atoms with van der Waals surface area (Å²) in [4.78, 5) is 12.2. The highest BCUT2D eigenvalue weighted by Crippen LogP contribution is 2.31. The Morgan fingerprint density at radius 2 is 2.32 bits per heavy atom. The van der Waals surface area contributed by atoms with E-state index in [0.717, 1.165) is 22.6 Å². The summed E-state index contributed by atoms with van der Waals surface area (Å²) in [5.41, 5.74) is 6.67. The van der Waals surface area contributed by atoms with Crippen LogP contribution in [-0.4, -0.2) is 25.3 Å². The molecule has 1 aromatic rings. The quantitative estimate of drug-likeness (QED) is 0.829. The third-order valence-corrected chi connectivity index (χ3v) is 3.78.